The number of nitrogens with zero attached hydrogens (tertiary/aromatic N) is 5. The van der Waals surface area contributed by atoms with E-state index in [9.17, 15) is 19.2 Å². The van der Waals surface area contributed by atoms with Gasteiger partial charge in [-0.1, -0.05) is 0 Å². The van der Waals surface area contributed by atoms with Crippen LogP contribution >= 0.6 is 0 Å². The lowest BCUT2D eigenvalue weighted by Crippen LogP contribution is -2.36. The topological polar surface area (TPSA) is 285 Å². The number of aromatic nitrogens is 7. The number of pyridine rings is 4. The van der Waals surface area contributed by atoms with E-state index in [4.69, 9.17) is 46.9 Å². The van der Waals surface area contributed by atoms with Gasteiger partial charge in [0.2, 0.25) is 0 Å². The van der Waals surface area contributed by atoms with Crippen molar-refractivity contribution >= 4 is 53.9 Å². The summed E-state index contributed by atoms with van der Waals surface area (Å²) in [6, 6.07) is 15.2. The molecule has 11 N–H and O–H groups in total. The number of allylic oxidation sites excluding steroid dienone is 1. The normalized spacial score (nSPS) is 15.2. The van der Waals surface area contributed by atoms with Gasteiger partial charge in [-0.3, -0.25) is 14.6 Å². The summed E-state index contributed by atoms with van der Waals surface area (Å²) in [6.45, 7) is 14.3. The van der Waals surface area contributed by atoms with E-state index in [1.807, 2.05) is 169 Å². The van der Waals surface area contributed by atoms with Crippen molar-refractivity contribution in [1.29, 1.82) is 0 Å². The Morgan fingerprint density at radius 1 is 0.482 bits per heavy atom. The maximum absolute atomic E-state index is 14.8. The zero-order valence-electron chi connectivity index (χ0n) is 49.2. The zero-order valence-corrected chi connectivity index (χ0v) is 49.2. The molecule has 0 amide bonds. The van der Waals surface area contributed by atoms with Crippen molar-refractivity contribution < 1.29 is 56.4 Å². The molecule has 2 aliphatic rings. The highest BCUT2D eigenvalue weighted by atomic mass is 16.5. The summed E-state index contributed by atoms with van der Waals surface area (Å²) in [5.74, 6) is -1.89. The molecule has 1 unspecified atom stereocenters. The van der Waals surface area contributed by atoms with Gasteiger partial charge >= 0.3 is 23.9 Å². The van der Waals surface area contributed by atoms with Crippen molar-refractivity contribution in [3.05, 3.63) is 198 Å². The number of H-pyrrole nitrogens is 3. The fourth-order valence-electron chi connectivity index (χ4n) is 10.8. The molecule has 7 aromatic heterocycles. The second kappa shape index (κ2) is 27.6. The lowest BCUT2D eigenvalue weighted by molar-refractivity contribution is -0.694. The smallest absolute Gasteiger partial charge is 0.340 e. The molecule has 0 aliphatic carbocycles. The number of esters is 4. The molecule has 1 atom stereocenters. The van der Waals surface area contributed by atoms with Crippen molar-refractivity contribution in [2.75, 3.05) is 26.2 Å². The highest BCUT2D eigenvalue weighted by Gasteiger charge is 2.40. The third-order valence-electron chi connectivity index (χ3n) is 15.6. The van der Waals surface area contributed by atoms with Crippen LogP contribution in [-0.2, 0) is 98.8 Å². The van der Waals surface area contributed by atoms with Crippen molar-refractivity contribution in [3.8, 4) is 0 Å². The molecule has 0 aromatic carbocycles. The molecule has 9 rings (SSSR count). The van der Waals surface area contributed by atoms with E-state index >= 15 is 0 Å². The number of carbonyl (C=O) groups is 4. The lowest BCUT2D eigenvalue weighted by Gasteiger charge is -2.20. The predicted octanol–water partition coefficient (Wildman–Crippen LogP) is 0.795. The second-order valence-electron chi connectivity index (χ2n) is 21.7. The average Bonchev–Trinajstić information content (AvgIpc) is 1.96. The third-order valence-corrected chi connectivity index (χ3v) is 15.6. The van der Waals surface area contributed by atoms with Crippen LogP contribution in [0.2, 0.25) is 0 Å². The Morgan fingerprint density at radius 3 is 1.38 bits per heavy atom. The number of hydrogen-bond acceptors (Lipinski definition) is 13. The number of nitrogens with two attached hydrogens (primary N) is 4. The first-order valence-electron chi connectivity index (χ1n) is 28.8. The quantitative estimate of drug-likeness (QED) is 0.0252. The van der Waals surface area contributed by atoms with Crippen LogP contribution in [0.5, 0.6) is 0 Å². The van der Waals surface area contributed by atoms with Crippen LogP contribution in [0.3, 0.4) is 0 Å². The Morgan fingerprint density at radius 2 is 0.906 bits per heavy atom. The molecule has 20 heteroatoms. The number of hydrogen-bond donors (Lipinski definition) is 7. The summed E-state index contributed by atoms with van der Waals surface area (Å²) in [5.41, 5.74) is 32.0. The SMILES string of the molecule is CC1=C(C(=O)OCc2cc[n+](CCN)cc2)C2(C)/C=c3\[nH]/c(c(CCC(=O)OCc4cc[n+](CCN)cc4)c3C)=C\c3[nH]c(c(C)c3CCC(=O)OCc3cc[n+](CCN)cc3)C=c3[nH]c(c(C(=O)OCc4cc[n+](CCN)cc4)c3C)=CC1=N2. The summed E-state index contributed by atoms with van der Waals surface area (Å²) < 4.78 is 31.7. The van der Waals surface area contributed by atoms with E-state index in [0.717, 1.165) is 50.2 Å². The molecule has 0 fully saturated rings. The Balaban J connectivity index is 1.15. The third kappa shape index (κ3) is 14.7. The maximum Gasteiger partial charge on any atom is 0.340 e. The maximum atomic E-state index is 14.8. The van der Waals surface area contributed by atoms with Crippen molar-refractivity contribution in [1.82, 2.24) is 15.0 Å². The molecule has 20 nitrogen and oxygen atoms in total. The summed E-state index contributed by atoms with van der Waals surface area (Å²) in [5, 5.41) is 2.37. The molecule has 0 radical (unpaired) electrons. The van der Waals surface area contributed by atoms with Crippen LogP contribution < -0.4 is 62.6 Å². The van der Waals surface area contributed by atoms with E-state index < -0.39 is 17.5 Å². The number of ether oxygens (including phenoxy) is 4. The van der Waals surface area contributed by atoms with Gasteiger partial charge in [0.25, 0.3) is 0 Å². The second-order valence-corrected chi connectivity index (χ2v) is 21.7. The Labute approximate surface area is 493 Å². The fraction of sp³-hybridized carbons (Fsp3) is 0.338. The lowest BCUT2D eigenvalue weighted by atomic mass is 9.90. The molecule has 0 spiro atoms. The molecule has 0 saturated carbocycles. The first-order chi connectivity index (χ1) is 41.1. The van der Waals surface area contributed by atoms with Gasteiger partial charge in [0.1, 0.15) is 32.0 Å². The van der Waals surface area contributed by atoms with Crippen LogP contribution in [0.4, 0.5) is 0 Å². The fourth-order valence-corrected chi connectivity index (χ4v) is 10.8. The number of fused-ring (bicyclic) bond motifs is 7. The van der Waals surface area contributed by atoms with Crippen LogP contribution in [0.1, 0.15) is 98.5 Å². The van der Waals surface area contributed by atoms with E-state index in [1.165, 1.54) is 0 Å². The van der Waals surface area contributed by atoms with Gasteiger partial charge in [0, 0.05) is 111 Å². The molecule has 442 valence electrons. The molecule has 7 aromatic rings. The molecule has 2 aliphatic heterocycles. The highest BCUT2D eigenvalue weighted by Crippen LogP contribution is 2.35. The van der Waals surface area contributed by atoms with Gasteiger partial charge in [0.15, 0.2) is 75.8 Å². The first-order valence-corrected chi connectivity index (χ1v) is 28.8. The van der Waals surface area contributed by atoms with Crippen LogP contribution in [0, 0.1) is 20.8 Å². The predicted molar refractivity (Wildman–Crippen MR) is 318 cm³/mol. The van der Waals surface area contributed by atoms with Crippen LogP contribution in [-0.4, -0.2) is 76.3 Å². The van der Waals surface area contributed by atoms with Crippen LogP contribution in [0.15, 0.2) is 114 Å². The molecule has 0 saturated heterocycles. The van der Waals surface area contributed by atoms with Crippen LogP contribution in [0.25, 0.3) is 24.3 Å². The number of nitrogens with one attached hydrogen (secondary N) is 3. The number of aliphatic imine (C=N–C) groups is 1. The molecular weight excluding hydrogens is 1080 g/mol. The molecule has 9 heterocycles. The number of carbonyl (C=O) groups excluding carboxylic acids is 4. The molecule has 85 heavy (non-hydrogen) atoms. The van der Waals surface area contributed by atoms with Crippen molar-refractivity contribution in [2.24, 2.45) is 27.9 Å². The summed E-state index contributed by atoms with van der Waals surface area (Å²) in [6.07, 6.45) is 23.6. The highest BCUT2D eigenvalue weighted by molar-refractivity contribution is 6.26. The minimum atomic E-state index is -1.33. The van der Waals surface area contributed by atoms with Gasteiger partial charge in [-0.2, -0.15) is 0 Å². The minimum absolute atomic E-state index is 0.00677. The number of aromatic amines is 3. The molecular formula is C65H78N12O8+4. The van der Waals surface area contributed by atoms with Gasteiger partial charge in [-0.15, -0.1) is 0 Å². The summed E-state index contributed by atoms with van der Waals surface area (Å²) in [7, 11) is 0. The van der Waals surface area contributed by atoms with Gasteiger partial charge < -0.3 is 56.8 Å². The summed E-state index contributed by atoms with van der Waals surface area (Å²) >= 11 is 0. The zero-order chi connectivity index (χ0) is 60.2. The van der Waals surface area contributed by atoms with E-state index in [2.05, 4.69) is 15.0 Å². The average molecular weight is 1160 g/mol. The largest absolute Gasteiger partial charge is 0.461 e. The first kappa shape index (κ1) is 60.6. The van der Waals surface area contributed by atoms with Crippen molar-refractivity contribution in [3.63, 3.8) is 0 Å². The van der Waals surface area contributed by atoms with E-state index in [1.54, 1.807) is 6.08 Å². The Kier molecular flexibility index (Phi) is 19.7. The Hall–Kier alpha value is -8.95. The van der Waals surface area contributed by atoms with E-state index in [-0.39, 0.29) is 56.8 Å². The van der Waals surface area contributed by atoms with E-state index in [0.29, 0.717) is 115 Å². The summed E-state index contributed by atoms with van der Waals surface area (Å²) in [4.78, 5) is 72.8. The van der Waals surface area contributed by atoms with Gasteiger partial charge in [-0.05, 0) is 105 Å². The van der Waals surface area contributed by atoms with Gasteiger partial charge in [-0.25, -0.2) is 27.9 Å². The monoisotopic (exact) mass is 1150 g/mol. The molecule has 8 bridgehead atoms. The standard InChI is InChI=1S/C65H77N12O8/c1-42-50(6-8-59(78)82-38-46-10-22-74(23-11-46)30-18-66)55-36-56-51(7-9-60(79)83-39-47-12-24-75(25-13-47)31-19-67)43(2)58(72-56)37-65(5)62(64(81)85-41-49-16-28-77(29-17-49)33-21-69)45(4)54(73-65)35-57-61(44(3)53(71-57)34-52(42)70-55)63(80)84-40-48-14-26-76(27-15-48)32-20-68/h10-17,22-29,34-37H,6-9,18-21,30-33,38-41,66-69H2,1-5H3,(H2-,70,71,72,73,80,81)/q+3/p+1/b58-37-. The number of rotatable bonds is 24. The van der Waals surface area contributed by atoms with Gasteiger partial charge in [0.05, 0.1) is 48.4 Å². The van der Waals surface area contributed by atoms with Crippen molar-refractivity contribution in [2.45, 2.75) is 118 Å². The Bertz CT molecular complexity index is 3920. The minimum Gasteiger partial charge on any atom is -0.461 e.